The van der Waals surface area contributed by atoms with Crippen molar-refractivity contribution in [2.75, 3.05) is 26.2 Å². The summed E-state index contributed by atoms with van der Waals surface area (Å²) in [4.78, 5) is 31.6. The lowest BCUT2D eigenvalue weighted by molar-refractivity contribution is -0.157. The van der Waals surface area contributed by atoms with Crippen molar-refractivity contribution in [3.8, 4) is 0 Å². The van der Waals surface area contributed by atoms with Crippen molar-refractivity contribution in [2.24, 2.45) is 0 Å². The molecule has 2 atom stereocenters. The van der Waals surface area contributed by atoms with Gasteiger partial charge in [-0.3, -0.25) is 9.59 Å². The van der Waals surface area contributed by atoms with Crippen molar-refractivity contribution >= 4 is 11.8 Å². The summed E-state index contributed by atoms with van der Waals surface area (Å²) in [5.41, 5.74) is 0. The minimum Gasteiger partial charge on any atom is -0.356 e. The molecule has 0 rings (SSSR count). The average Bonchev–Trinajstić information content (AvgIpc) is 3.03. The summed E-state index contributed by atoms with van der Waals surface area (Å²) < 4.78 is 6.34. The Labute approximate surface area is 276 Å². The molecule has 0 saturated carbocycles. The van der Waals surface area contributed by atoms with Gasteiger partial charge in [-0.05, 0) is 39.0 Å². The highest BCUT2D eigenvalue weighted by molar-refractivity contribution is 5.83. The number of hydrogen-bond acceptors (Lipinski definition) is 3. The van der Waals surface area contributed by atoms with E-state index >= 15 is 0 Å². The van der Waals surface area contributed by atoms with Crippen molar-refractivity contribution in [3.63, 3.8) is 0 Å². The van der Waals surface area contributed by atoms with Crippen molar-refractivity contribution in [1.82, 2.24) is 9.80 Å². The SMILES string of the molecule is CCCCCCCCN(CCCCCCCC)C(=O)C(C)OC(CC)C(=O)N(CCCCCCCC)CCCCCCCC. The summed E-state index contributed by atoms with van der Waals surface area (Å²) >= 11 is 0. The number of unbranched alkanes of at least 4 members (excludes halogenated alkanes) is 20. The van der Waals surface area contributed by atoms with Crippen LogP contribution >= 0.6 is 0 Å². The first-order valence-corrected chi connectivity index (χ1v) is 19.7. The third kappa shape index (κ3) is 23.3. The van der Waals surface area contributed by atoms with Gasteiger partial charge in [0.05, 0.1) is 0 Å². The molecule has 0 aromatic carbocycles. The van der Waals surface area contributed by atoms with Crippen LogP contribution in [-0.2, 0) is 14.3 Å². The van der Waals surface area contributed by atoms with Gasteiger partial charge in [0.15, 0.2) is 0 Å². The minimum absolute atomic E-state index is 0.0664. The van der Waals surface area contributed by atoms with Gasteiger partial charge in [-0.25, -0.2) is 0 Å². The zero-order valence-corrected chi connectivity index (χ0v) is 30.8. The fourth-order valence-electron chi connectivity index (χ4n) is 6.09. The van der Waals surface area contributed by atoms with E-state index < -0.39 is 12.2 Å². The first-order valence-electron chi connectivity index (χ1n) is 19.7. The first kappa shape index (κ1) is 42.9. The van der Waals surface area contributed by atoms with E-state index in [1.54, 1.807) is 0 Å². The van der Waals surface area contributed by atoms with E-state index in [1.807, 2.05) is 18.7 Å². The van der Waals surface area contributed by atoms with E-state index in [9.17, 15) is 9.59 Å². The van der Waals surface area contributed by atoms with Gasteiger partial charge in [0.25, 0.3) is 11.8 Å². The summed E-state index contributed by atoms with van der Waals surface area (Å²) in [6.07, 6.45) is 28.8. The number of carbonyl (C=O) groups is 2. The van der Waals surface area contributed by atoms with Crippen LogP contribution in [0.2, 0.25) is 0 Å². The highest BCUT2D eigenvalue weighted by Crippen LogP contribution is 2.16. The smallest absolute Gasteiger partial charge is 0.251 e. The number of nitrogens with zero attached hydrogens (tertiary/aromatic N) is 2. The minimum atomic E-state index is -0.589. The predicted molar refractivity (Wildman–Crippen MR) is 191 cm³/mol. The van der Waals surface area contributed by atoms with Crippen LogP contribution < -0.4 is 0 Å². The van der Waals surface area contributed by atoms with Gasteiger partial charge >= 0.3 is 0 Å². The number of ether oxygens (including phenoxy) is 1. The Morgan fingerprint density at radius 3 is 1.00 bits per heavy atom. The Kier molecular flexibility index (Phi) is 31.1. The molecule has 44 heavy (non-hydrogen) atoms. The van der Waals surface area contributed by atoms with Gasteiger partial charge in [-0.1, -0.05) is 163 Å². The Hall–Kier alpha value is -1.10. The standard InChI is InChI=1S/C39H78N2O3/c1-7-12-16-20-24-28-32-40(33-29-25-21-17-13-8-2)38(42)36(6)44-37(11-5)39(43)41(34-30-26-22-18-14-9-3)35-31-27-23-19-15-10-4/h36-37H,7-35H2,1-6H3. The lowest BCUT2D eigenvalue weighted by atomic mass is 10.1. The molecule has 0 aromatic heterocycles. The van der Waals surface area contributed by atoms with Crippen LogP contribution in [0.1, 0.15) is 202 Å². The molecule has 0 saturated heterocycles. The molecule has 0 heterocycles. The van der Waals surface area contributed by atoms with Gasteiger partial charge in [-0.15, -0.1) is 0 Å². The molecule has 0 radical (unpaired) electrons. The highest BCUT2D eigenvalue weighted by atomic mass is 16.5. The Bertz CT molecular complexity index is 609. The summed E-state index contributed by atoms with van der Waals surface area (Å²) in [6.45, 7) is 16.1. The molecule has 2 amide bonds. The molecule has 0 N–H and O–H groups in total. The van der Waals surface area contributed by atoms with Gasteiger partial charge in [-0.2, -0.15) is 0 Å². The third-order valence-electron chi connectivity index (χ3n) is 9.11. The predicted octanol–water partition coefficient (Wildman–Crippen LogP) is 11.3. The van der Waals surface area contributed by atoms with Gasteiger partial charge in [0, 0.05) is 26.2 Å². The molecular formula is C39H78N2O3. The first-order chi connectivity index (χ1) is 21.5. The van der Waals surface area contributed by atoms with Crippen LogP contribution in [0.15, 0.2) is 0 Å². The maximum absolute atomic E-state index is 13.8. The van der Waals surface area contributed by atoms with Crippen LogP contribution in [0.25, 0.3) is 0 Å². The van der Waals surface area contributed by atoms with Crippen molar-refractivity contribution in [3.05, 3.63) is 0 Å². The second-order valence-corrected chi connectivity index (χ2v) is 13.4. The van der Waals surface area contributed by atoms with E-state index in [1.165, 1.54) is 128 Å². The Morgan fingerprint density at radius 2 is 0.705 bits per heavy atom. The fraction of sp³-hybridized carbons (Fsp3) is 0.949. The Balaban J connectivity index is 5.19. The number of carbonyl (C=O) groups excluding carboxylic acids is 2. The molecule has 5 heteroatoms. The number of hydrogen-bond donors (Lipinski definition) is 0. The zero-order chi connectivity index (χ0) is 32.7. The fourth-order valence-corrected chi connectivity index (χ4v) is 6.09. The molecule has 0 fully saturated rings. The van der Waals surface area contributed by atoms with E-state index in [0.717, 1.165) is 51.9 Å². The zero-order valence-electron chi connectivity index (χ0n) is 30.8. The third-order valence-corrected chi connectivity index (χ3v) is 9.11. The van der Waals surface area contributed by atoms with Crippen LogP contribution in [0.4, 0.5) is 0 Å². The quantitative estimate of drug-likeness (QED) is 0.0684. The molecule has 0 aliphatic carbocycles. The maximum Gasteiger partial charge on any atom is 0.251 e. The topological polar surface area (TPSA) is 49.9 Å². The Morgan fingerprint density at radius 1 is 0.432 bits per heavy atom. The van der Waals surface area contributed by atoms with E-state index in [4.69, 9.17) is 4.74 Å². The van der Waals surface area contributed by atoms with Crippen molar-refractivity contribution < 1.29 is 14.3 Å². The summed E-state index contributed by atoms with van der Waals surface area (Å²) in [6, 6.07) is 0. The molecular weight excluding hydrogens is 544 g/mol. The number of rotatable bonds is 33. The largest absolute Gasteiger partial charge is 0.356 e. The molecule has 5 nitrogen and oxygen atoms in total. The summed E-state index contributed by atoms with van der Waals surface area (Å²) in [5.74, 6) is 0.157. The second kappa shape index (κ2) is 31.9. The molecule has 0 aliphatic heterocycles. The highest BCUT2D eigenvalue weighted by Gasteiger charge is 2.29. The lowest BCUT2D eigenvalue weighted by Crippen LogP contribution is -2.46. The van der Waals surface area contributed by atoms with Gasteiger partial charge < -0.3 is 14.5 Å². The summed E-state index contributed by atoms with van der Waals surface area (Å²) in [7, 11) is 0. The van der Waals surface area contributed by atoms with Crippen LogP contribution in [0.5, 0.6) is 0 Å². The molecule has 0 aliphatic rings. The van der Waals surface area contributed by atoms with E-state index in [2.05, 4.69) is 32.6 Å². The van der Waals surface area contributed by atoms with E-state index in [-0.39, 0.29) is 11.8 Å². The molecule has 262 valence electrons. The molecule has 0 bridgehead atoms. The molecule has 2 unspecified atom stereocenters. The van der Waals surface area contributed by atoms with Gasteiger partial charge in [0.2, 0.25) is 0 Å². The number of amides is 2. The molecule has 0 spiro atoms. The van der Waals surface area contributed by atoms with Crippen molar-refractivity contribution in [2.45, 2.75) is 214 Å². The second-order valence-electron chi connectivity index (χ2n) is 13.4. The normalized spacial score (nSPS) is 12.8. The van der Waals surface area contributed by atoms with Crippen LogP contribution in [-0.4, -0.2) is 60.0 Å². The van der Waals surface area contributed by atoms with Crippen molar-refractivity contribution in [1.29, 1.82) is 0 Å². The monoisotopic (exact) mass is 623 g/mol. The van der Waals surface area contributed by atoms with Crippen LogP contribution in [0, 0.1) is 0 Å². The maximum atomic E-state index is 13.8. The lowest BCUT2D eigenvalue weighted by Gasteiger charge is -2.31. The van der Waals surface area contributed by atoms with E-state index in [0.29, 0.717) is 6.42 Å². The van der Waals surface area contributed by atoms with Crippen LogP contribution in [0.3, 0.4) is 0 Å². The average molecular weight is 623 g/mol. The molecule has 0 aromatic rings. The summed E-state index contributed by atoms with van der Waals surface area (Å²) in [5, 5.41) is 0. The van der Waals surface area contributed by atoms with Gasteiger partial charge in [0.1, 0.15) is 12.2 Å².